The van der Waals surface area contributed by atoms with Gasteiger partial charge in [0.2, 0.25) is 5.95 Å². The average Bonchev–Trinajstić information content (AvgIpc) is 3.02. The third kappa shape index (κ3) is 3.02. The minimum absolute atomic E-state index is 0.290. The Bertz CT molecular complexity index is 879. The van der Waals surface area contributed by atoms with Crippen LogP contribution in [-0.4, -0.2) is 50.7 Å². The van der Waals surface area contributed by atoms with Crippen molar-refractivity contribution in [3.8, 4) is 11.1 Å². The van der Waals surface area contributed by atoms with E-state index in [1.54, 1.807) is 6.20 Å². The Hall–Kier alpha value is -2.67. The van der Waals surface area contributed by atoms with Crippen molar-refractivity contribution >= 4 is 17.4 Å². The zero-order valence-corrected chi connectivity index (χ0v) is 14.6. The SMILES string of the molecule is Cc1c(-c2cccnc2)cc(NC2CCN(C)CC2)n2nc(N)nc12. The van der Waals surface area contributed by atoms with E-state index in [1.807, 2.05) is 23.7 Å². The smallest absolute Gasteiger partial charge is 0.240 e. The van der Waals surface area contributed by atoms with Gasteiger partial charge in [0, 0.05) is 29.6 Å². The van der Waals surface area contributed by atoms with Gasteiger partial charge in [0.15, 0.2) is 5.65 Å². The Labute approximate surface area is 146 Å². The topological polar surface area (TPSA) is 84.4 Å². The molecule has 0 aliphatic carbocycles. The first-order valence-corrected chi connectivity index (χ1v) is 8.63. The fourth-order valence-electron chi connectivity index (χ4n) is 3.45. The summed E-state index contributed by atoms with van der Waals surface area (Å²) in [6.07, 6.45) is 5.87. The third-order valence-electron chi connectivity index (χ3n) is 4.92. The number of nitrogens with zero attached hydrogens (tertiary/aromatic N) is 5. The molecule has 0 bridgehead atoms. The quantitative estimate of drug-likeness (QED) is 0.762. The second-order valence-electron chi connectivity index (χ2n) is 6.74. The van der Waals surface area contributed by atoms with E-state index in [9.17, 15) is 0 Å². The molecule has 3 N–H and O–H groups in total. The maximum atomic E-state index is 5.88. The van der Waals surface area contributed by atoms with Crippen LogP contribution in [-0.2, 0) is 0 Å². The zero-order chi connectivity index (χ0) is 17.4. The van der Waals surface area contributed by atoms with Crippen LogP contribution in [0.25, 0.3) is 16.8 Å². The first-order valence-electron chi connectivity index (χ1n) is 8.63. The highest BCUT2D eigenvalue weighted by atomic mass is 15.4. The number of likely N-dealkylation sites (tertiary alicyclic amines) is 1. The first kappa shape index (κ1) is 15.8. The Morgan fingerprint density at radius 3 is 2.80 bits per heavy atom. The molecule has 25 heavy (non-hydrogen) atoms. The molecule has 0 spiro atoms. The minimum atomic E-state index is 0.290. The molecule has 1 aliphatic rings. The van der Waals surface area contributed by atoms with Gasteiger partial charge in [-0.25, -0.2) is 0 Å². The van der Waals surface area contributed by atoms with Gasteiger partial charge in [-0.2, -0.15) is 9.50 Å². The van der Waals surface area contributed by atoms with Crippen LogP contribution in [0.1, 0.15) is 18.4 Å². The van der Waals surface area contributed by atoms with Crippen LogP contribution >= 0.6 is 0 Å². The summed E-state index contributed by atoms with van der Waals surface area (Å²) in [5, 5.41) is 8.04. The number of pyridine rings is 2. The molecule has 7 heteroatoms. The van der Waals surface area contributed by atoms with E-state index < -0.39 is 0 Å². The third-order valence-corrected chi connectivity index (χ3v) is 4.92. The highest BCUT2D eigenvalue weighted by Crippen LogP contribution is 2.30. The van der Waals surface area contributed by atoms with Crippen molar-refractivity contribution in [2.75, 3.05) is 31.2 Å². The number of hydrogen-bond donors (Lipinski definition) is 2. The molecule has 1 aliphatic heterocycles. The molecule has 1 fully saturated rings. The monoisotopic (exact) mass is 337 g/mol. The maximum Gasteiger partial charge on any atom is 0.240 e. The summed E-state index contributed by atoms with van der Waals surface area (Å²) in [4.78, 5) is 11.0. The van der Waals surface area contributed by atoms with Gasteiger partial charge in [-0.1, -0.05) is 6.07 Å². The first-order chi connectivity index (χ1) is 12.1. The number of aromatic nitrogens is 4. The molecule has 4 heterocycles. The number of rotatable bonds is 3. The highest BCUT2D eigenvalue weighted by molar-refractivity contribution is 5.76. The molecule has 0 saturated carbocycles. The van der Waals surface area contributed by atoms with E-state index in [4.69, 9.17) is 5.73 Å². The molecular weight excluding hydrogens is 314 g/mol. The largest absolute Gasteiger partial charge is 0.367 e. The maximum absolute atomic E-state index is 5.88. The van der Waals surface area contributed by atoms with E-state index in [1.165, 1.54) is 0 Å². The normalized spacial score (nSPS) is 16.4. The van der Waals surface area contributed by atoms with Crippen molar-refractivity contribution in [3.05, 3.63) is 36.2 Å². The summed E-state index contributed by atoms with van der Waals surface area (Å²) in [5.41, 5.74) is 9.88. The molecule has 0 atom stereocenters. The van der Waals surface area contributed by atoms with Crippen LogP contribution in [0.5, 0.6) is 0 Å². The Kier molecular flexibility index (Phi) is 4.01. The van der Waals surface area contributed by atoms with Gasteiger partial charge < -0.3 is 16.0 Å². The lowest BCUT2D eigenvalue weighted by atomic mass is 10.0. The summed E-state index contributed by atoms with van der Waals surface area (Å²) < 4.78 is 1.82. The minimum Gasteiger partial charge on any atom is -0.367 e. The van der Waals surface area contributed by atoms with Crippen LogP contribution in [0.15, 0.2) is 30.6 Å². The van der Waals surface area contributed by atoms with Gasteiger partial charge in [0.05, 0.1) is 0 Å². The van der Waals surface area contributed by atoms with Gasteiger partial charge in [-0.15, -0.1) is 5.10 Å². The van der Waals surface area contributed by atoms with Crippen molar-refractivity contribution in [2.45, 2.75) is 25.8 Å². The van der Waals surface area contributed by atoms with Gasteiger partial charge in [-0.3, -0.25) is 4.98 Å². The summed E-state index contributed by atoms with van der Waals surface area (Å²) >= 11 is 0. The number of hydrogen-bond acceptors (Lipinski definition) is 6. The molecule has 0 aromatic carbocycles. The second-order valence-corrected chi connectivity index (χ2v) is 6.74. The highest BCUT2D eigenvalue weighted by Gasteiger charge is 2.20. The molecule has 3 aromatic rings. The Morgan fingerprint density at radius 2 is 2.08 bits per heavy atom. The average molecular weight is 337 g/mol. The predicted octanol–water partition coefficient (Wildman–Crippen LogP) is 2.19. The lowest BCUT2D eigenvalue weighted by Gasteiger charge is -2.30. The van der Waals surface area contributed by atoms with E-state index in [-0.39, 0.29) is 5.95 Å². The summed E-state index contributed by atoms with van der Waals surface area (Å²) in [5.74, 6) is 1.22. The van der Waals surface area contributed by atoms with Crippen molar-refractivity contribution in [1.29, 1.82) is 0 Å². The Morgan fingerprint density at radius 1 is 1.28 bits per heavy atom. The van der Waals surface area contributed by atoms with Crippen molar-refractivity contribution < 1.29 is 0 Å². The van der Waals surface area contributed by atoms with E-state index in [2.05, 4.69) is 44.5 Å². The molecule has 4 rings (SSSR count). The summed E-state index contributed by atoms with van der Waals surface area (Å²) in [6.45, 7) is 4.24. The van der Waals surface area contributed by atoms with E-state index >= 15 is 0 Å². The van der Waals surface area contributed by atoms with E-state index in [0.717, 1.165) is 54.1 Å². The summed E-state index contributed by atoms with van der Waals surface area (Å²) in [6, 6.07) is 6.56. The summed E-state index contributed by atoms with van der Waals surface area (Å²) in [7, 11) is 2.17. The van der Waals surface area contributed by atoms with Crippen LogP contribution in [0.3, 0.4) is 0 Å². The number of nitrogens with two attached hydrogens (primary N) is 1. The van der Waals surface area contributed by atoms with Crippen LogP contribution in [0.2, 0.25) is 0 Å². The van der Waals surface area contributed by atoms with E-state index in [0.29, 0.717) is 6.04 Å². The van der Waals surface area contributed by atoms with Gasteiger partial charge in [-0.05, 0) is 57.6 Å². The zero-order valence-electron chi connectivity index (χ0n) is 14.6. The number of fused-ring (bicyclic) bond motifs is 1. The number of nitrogens with one attached hydrogen (secondary N) is 1. The lowest BCUT2D eigenvalue weighted by Crippen LogP contribution is -2.37. The van der Waals surface area contributed by atoms with Crippen molar-refractivity contribution in [1.82, 2.24) is 24.5 Å². The number of piperidine rings is 1. The number of anilines is 2. The van der Waals surface area contributed by atoms with Crippen LogP contribution < -0.4 is 11.1 Å². The number of nitrogen functional groups attached to an aromatic ring is 1. The standard InChI is InChI=1S/C18H23N7/c1-12-15(13-4-3-7-20-11-13)10-16(25-17(12)22-18(19)23-25)21-14-5-8-24(2)9-6-14/h3-4,7,10-11,14,21H,5-6,8-9H2,1-2H3,(H2,19,23). The molecule has 3 aromatic heterocycles. The number of aryl methyl sites for hydroxylation is 1. The molecule has 1 saturated heterocycles. The lowest BCUT2D eigenvalue weighted by molar-refractivity contribution is 0.263. The molecule has 130 valence electrons. The predicted molar refractivity (Wildman–Crippen MR) is 99.5 cm³/mol. The molecular formula is C18H23N7. The Balaban J connectivity index is 1.78. The van der Waals surface area contributed by atoms with Crippen LogP contribution in [0, 0.1) is 6.92 Å². The second kappa shape index (κ2) is 6.33. The van der Waals surface area contributed by atoms with Gasteiger partial charge in [0.1, 0.15) is 5.82 Å². The van der Waals surface area contributed by atoms with Gasteiger partial charge in [0.25, 0.3) is 0 Å². The molecule has 7 nitrogen and oxygen atoms in total. The fraction of sp³-hybridized carbons (Fsp3) is 0.389. The molecule has 0 radical (unpaired) electrons. The van der Waals surface area contributed by atoms with Crippen LogP contribution in [0.4, 0.5) is 11.8 Å². The molecule has 0 amide bonds. The fourth-order valence-corrected chi connectivity index (χ4v) is 3.45. The van der Waals surface area contributed by atoms with Crippen molar-refractivity contribution in [3.63, 3.8) is 0 Å². The van der Waals surface area contributed by atoms with Crippen molar-refractivity contribution in [2.24, 2.45) is 0 Å². The van der Waals surface area contributed by atoms with Gasteiger partial charge >= 0.3 is 0 Å². The molecule has 0 unspecified atom stereocenters.